The Kier molecular flexibility index (Phi) is 5.01. The van der Waals surface area contributed by atoms with Crippen LogP contribution in [0.3, 0.4) is 0 Å². The molecule has 0 heterocycles. The van der Waals surface area contributed by atoms with Crippen molar-refractivity contribution in [1.29, 1.82) is 0 Å². The van der Waals surface area contributed by atoms with Crippen molar-refractivity contribution in [1.82, 2.24) is 0 Å². The van der Waals surface area contributed by atoms with Crippen LogP contribution in [-0.2, 0) is 13.8 Å². The Hall–Kier alpha value is -2.10. The molecule has 5 nitrogen and oxygen atoms in total. The molecule has 7 heteroatoms. The Morgan fingerprint density at radius 1 is 0.909 bits per heavy atom. The van der Waals surface area contributed by atoms with Crippen molar-refractivity contribution >= 4 is 35.2 Å². The molecule has 1 atom stereocenters. The average Bonchev–Trinajstić information content (AvgIpc) is 2.54. The van der Waals surface area contributed by atoms with Crippen LogP contribution in [0.15, 0.2) is 54.6 Å². The summed E-state index contributed by atoms with van der Waals surface area (Å²) in [7, 11) is 1.20. The molecular formula is C15H12ClO5P. The van der Waals surface area contributed by atoms with E-state index in [2.05, 4.69) is 4.74 Å². The van der Waals surface area contributed by atoms with Crippen LogP contribution in [0.25, 0.3) is 0 Å². The van der Waals surface area contributed by atoms with Gasteiger partial charge in [0.15, 0.2) is 0 Å². The van der Waals surface area contributed by atoms with E-state index in [1.54, 1.807) is 30.3 Å². The Bertz CT molecular complexity index is 745. The number of halogens is 1. The van der Waals surface area contributed by atoms with Gasteiger partial charge in [0.25, 0.3) is 0 Å². The molecule has 0 aliphatic heterocycles. The second-order valence-electron chi connectivity index (χ2n) is 4.23. The van der Waals surface area contributed by atoms with E-state index in [1.165, 1.54) is 31.4 Å². The molecule has 2 rings (SSSR count). The molecule has 0 N–H and O–H groups in total. The van der Waals surface area contributed by atoms with Crippen LogP contribution >= 0.6 is 18.0 Å². The summed E-state index contributed by atoms with van der Waals surface area (Å²) in [5.74, 6) is -1.65. The summed E-state index contributed by atoms with van der Waals surface area (Å²) >= 11 is 5.87. The van der Waals surface area contributed by atoms with Gasteiger partial charge in [-0.05, 0) is 35.5 Å². The molecule has 22 heavy (non-hydrogen) atoms. The highest BCUT2D eigenvalue weighted by molar-refractivity contribution is 7.91. The minimum Gasteiger partial charge on any atom is -0.465 e. The Balaban J connectivity index is 2.31. The largest absolute Gasteiger partial charge is 0.465 e. The smallest absolute Gasteiger partial charge is 0.368 e. The number of methoxy groups -OCH3 is 1. The highest BCUT2D eigenvalue weighted by Gasteiger charge is 2.29. The SMILES string of the molecule is COC(=O)c1ccccc1C(=O)OP(=O)(Cl)c1ccccc1. The molecule has 0 saturated heterocycles. The fraction of sp³-hybridized carbons (Fsp3) is 0.0667. The topological polar surface area (TPSA) is 69.7 Å². The molecule has 0 spiro atoms. The van der Waals surface area contributed by atoms with Crippen LogP contribution in [0.2, 0.25) is 0 Å². The standard InChI is InChI=1S/C15H12ClO5P/c1-20-14(17)12-9-5-6-10-13(12)15(18)21-22(16,19)11-7-3-2-4-8-11/h2-10H,1H3. The maximum atomic E-state index is 12.4. The van der Waals surface area contributed by atoms with Gasteiger partial charge in [0.1, 0.15) is 0 Å². The van der Waals surface area contributed by atoms with E-state index < -0.39 is 18.7 Å². The van der Waals surface area contributed by atoms with E-state index in [-0.39, 0.29) is 16.4 Å². The van der Waals surface area contributed by atoms with Gasteiger partial charge in [-0.25, -0.2) is 9.59 Å². The van der Waals surface area contributed by atoms with Crippen molar-refractivity contribution in [2.75, 3.05) is 7.11 Å². The van der Waals surface area contributed by atoms with Gasteiger partial charge in [-0.3, -0.25) is 4.57 Å². The molecule has 2 aromatic rings. The molecule has 0 fully saturated rings. The fourth-order valence-corrected chi connectivity index (χ4v) is 3.24. The van der Waals surface area contributed by atoms with Gasteiger partial charge < -0.3 is 9.26 Å². The molecule has 0 saturated carbocycles. The first-order chi connectivity index (χ1) is 10.5. The molecule has 0 radical (unpaired) electrons. The summed E-state index contributed by atoms with van der Waals surface area (Å²) in [4.78, 5) is 23.8. The van der Waals surface area contributed by atoms with Crippen molar-refractivity contribution in [3.63, 3.8) is 0 Å². The van der Waals surface area contributed by atoms with Crippen LogP contribution in [0.4, 0.5) is 0 Å². The zero-order valence-electron chi connectivity index (χ0n) is 11.6. The van der Waals surface area contributed by atoms with Crippen molar-refractivity contribution in [2.45, 2.75) is 0 Å². The summed E-state index contributed by atoms with van der Waals surface area (Å²) in [5.41, 5.74) is -0.0501. The second kappa shape index (κ2) is 6.77. The third-order valence-corrected chi connectivity index (χ3v) is 4.93. The third kappa shape index (κ3) is 3.56. The van der Waals surface area contributed by atoms with Crippen molar-refractivity contribution in [3.8, 4) is 0 Å². The number of rotatable bonds is 4. The van der Waals surface area contributed by atoms with Crippen LogP contribution in [0.5, 0.6) is 0 Å². The summed E-state index contributed by atoms with van der Waals surface area (Å²) in [6.45, 7) is -3.85. The Morgan fingerprint density at radius 2 is 1.41 bits per heavy atom. The van der Waals surface area contributed by atoms with E-state index in [0.717, 1.165) is 0 Å². The number of ether oxygens (including phenoxy) is 1. The van der Waals surface area contributed by atoms with Crippen LogP contribution in [-0.4, -0.2) is 19.0 Å². The molecule has 0 aromatic heterocycles. The lowest BCUT2D eigenvalue weighted by molar-refractivity contribution is 0.0588. The maximum absolute atomic E-state index is 12.4. The van der Waals surface area contributed by atoms with Crippen molar-refractivity contribution < 1.29 is 23.4 Å². The first-order valence-corrected chi connectivity index (χ1v) is 8.75. The summed E-state index contributed by atoms with van der Waals surface area (Å²) in [6.07, 6.45) is 0. The Morgan fingerprint density at radius 3 is 1.95 bits per heavy atom. The predicted octanol–water partition coefficient (Wildman–Crippen LogP) is 3.39. The van der Waals surface area contributed by atoms with Gasteiger partial charge in [0, 0.05) is 0 Å². The second-order valence-corrected chi connectivity index (χ2v) is 7.22. The van der Waals surface area contributed by atoms with Gasteiger partial charge in [0.2, 0.25) is 0 Å². The van der Waals surface area contributed by atoms with E-state index >= 15 is 0 Å². The fourth-order valence-electron chi connectivity index (χ4n) is 1.76. The minimum absolute atomic E-state index is 0.0136. The third-order valence-electron chi connectivity index (χ3n) is 2.82. The summed E-state index contributed by atoms with van der Waals surface area (Å²) in [5, 5.41) is 0.195. The number of carbonyl (C=O) groups excluding carboxylic acids is 2. The normalized spacial score (nSPS) is 13.0. The predicted molar refractivity (Wildman–Crippen MR) is 82.7 cm³/mol. The molecule has 1 unspecified atom stereocenters. The number of carbonyl (C=O) groups is 2. The zero-order valence-corrected chi connectivity index (χ0v) is 13.2. The van der Waals surface area contributed by atoms with Crippen molar-refractivity contribution in [2.24, 2.45) is 0 Å². The highest BCUT2D eigenvalue weighted by Crippen LogP contribution is 2.51. The van der Waals surface area contributed by atoms with Crippen molar-refractivity contribution in [3.05, 3.63) is 65.7 Å². The highest BCUT2D eigenvalue weighted by atomic mass is 35.7. The number of hydrogen-bond donors (Lipinski definition) is 0. The molecule has 2 aromatic carbocycles. The van der Waals surface area contributed by atoms with E-state index in [0.29, 0.717) is 0 Å². The van der Waals surface area contributed by atoms with Gasteiger partial charge in [-0.2, -0.15) is 0 Å². The van der Waals surface area contributed by atoms with Gasteiger partial charge in [0.05, 0.1) is 23.5 Å². The number of benzene rings is 2. The number of hydrogen-bond acceptors (Lipinski definition) is 5. The summed E-state index contributed by atoms with van der Waals surface area (Å²) in [6, 6.07) is 13.8. The lowest BCUT2D eigenvalue weighted by Crippen LogP contribution is -2.13. The monoisotopic (exact) mass is 338 g/mol. The van der Waals surface area contributed by atoms with E-state index in [1.807, 2.05) is 0 Å². The quantitative estimate of drug-likeness (QED) is 0.631. The van der Waals surface area contributed by atoms with E-state index in [9.17, 15) is 14.2 Å². The molecule has 114 valence electrons. The van der Waals surface area contributed by atoms with Gasteiger partial charge in [-0.1, -0.05) is 30.3 Å². The lowest BCUT2D eigenvalue weighted by Gasteiger charge is -2.13. The van der Waals surface area contributed by atoms with Gasteiger partial charge >= 0.3 is 18.7 Å². The zero-order chi connectivity index (χ0) is 16.2. The van der Waals surface area contributed by atoms with E-state index in [4.69, 9.17) is 15.8 Å². The number of esters is 1. The maximum Gasteiger partial charge on any atom is 0.368 e. The summed E-state index contributed by atoms with van der Waals surface area (Å²) < 4.78 is 21.9. The molecular weight excluding hydrogens is 327 g/mol. The lowest BCUT2D eigenvalue weighted by atomic mass is 10.1. The minimum atomic E-state index is -3.85. The van der Waals surface area contributed by atoms with Crippen LogP contribution < -0.4 is 5.30 Å². The molecule has 0 amide bonds. The molecule has 0 bridgehead atoms. The molecule has 0 aliphatic rings. The van der Waals surface area contributed by atoms with Crippen LogP contribution in [0, 0.1) is 0 Å². The average molecular weight is 339 g/mol. The Labute approximate surface area is 132 Å². The molecule has 0 aliphatic carbocycles. The van der Waals surface area contributed by atoms with Crippen LogP contribution in [0.1, 0.15) is 20.7 Å². The van der Waals surface area contributed by atoms with Gasteiger partial charge in [-0.15, -0.1) is 0 Å². The first kappa shape index (κ1) is 16.3. The first-order valence-electron chi connectivity index (χ1n) is 6.22.